The van der Waals surface area contributed by atoms with Crippen LogP contribution in [0.3, 0.4) is 0 Å². The lowest BCUT2D eigenvalue weighted by Crippen LogP contribution is -2.01. The third kappa shape index (κ3) is 3.70. The van der Waals surface area contributed by atoms with Crippen molar-refractivity contribution in [2.24, 2.45) is 0 Å². The van der Waals surface area contributed by atoms with Crippen LogP contribution in [-0.2, 0) is 6.61 Å². The molecule has 0 unspecified atom stereocenters. The van der Waals surface area contributed by atoms with Crippen molar-refractivity contribution >= 4 is 0 Å². The highest BCUT2D eigenvalue weighted by molar-refractivity contribution is 5.31. The molecule has 0 radical (unpaired) electrons. The molecule has 1 N–H and O–H groups in total. The van der Waals surface area contributed by atoms with Crippen molar-refractivity contribution in [1.82, 2.24) is 0 Å². The standard InChI is InChI=1S/C16H16F2O3/c1-10(19)14-6-5-13(8-16(14)18)21-9-11-3-4-12(20-2)7-15(11)17/h3-8,10,19H,9H2,1-2H3/t10-/m1/s1. The fourth-order valence-corrected chi connectivity index (χ4v) is 1.87. The number of hydrogen-bond acceptors (Lipinski definition) is 3. The summed E-state index contributed by atoms with van der Waals surface area (Å²) in [6.45, 7) is 1.45. The minimum atomic E-state index is -0.891. The van der Waals surface area contributed by atoms with Crippen LogP contribution in [0.2, 0.25) is 0 Å². The van der Waals surface area contributed by atoms with E-state index in [2.05, 4.69) is 0 Å². The van der Waals surface area contributed by atoms with E-state index in [0.29, 0.717) is 11.3 Å². The van der Waals surface area contributed by atoms with Gasteiger partial charge < -0.3 is 14.6 Å². The van der Waals surface area contributed by atoms with Crippen LogP contribution in [0.25, 0.3) is 0 Å². The molecule has 2 aromatic carbocycles. The third-order valence-corrected chi connectivity index (χ3v) is 3.08. The van der Waals surface area contributed by atoms with E-state index in [0.717, 1.165) is 0 Å². The number of aliphatic hydroxyl groups is 1. The first-order chi connectivity index (χ1) is 10.0. The quantitative estimate of drug-likeness (QED) is 0.915. The highest BCUT2D eigenvalue weighted by Crippen LogP contribution is 2.23. The molecule has 3 nitrogen and oxygen atoms in total. The molecule has 0 aliphatic rings. The lowest BCUT2D eigenvalue weighted by molar-refractivity contribution is 0.194. The Balaban J connectivity index is 2.08. The van der Waals surface area contributed by atoms with Crippen LogP contribution in [0.4, 0.5) is 8.78 Å². The molecule has 0 spiro atoms. The molecule has 0 aliphatic carbocycles. The zero-order valence-corrected chi connectivity index (χ0v) is 11.8. The predicted octanol–water partition coefficient (Wildman–Crippen LogP) is 3.61. The summed E-state index contributed by atoms with van der Waals surface area (Å²) >= 11 is 0. The number of rotatable bonds is 5. The Bertz CT molecular complexity index is 627. The Hall–Kier alpha value is -2.14. The van der Waals surface area contributed by atoms with E-state index in [1.54, 1.807) is 12.1 Å². The van der Waals surface area contributed by atoms with Crippen LogP contribution in [0.15, 0.2) is 36.4 Å². The number of methoxy groups -OCH3 is 1. The molecular formula is C16H16F2O3. The Labute approximate surface area is 121 Å². The van der Waals surface area contributed by atoms with Crippen LogP contribution < -0.4 is 9.47 Å². The molecule has 0 heterocycles. The number of halogens is 2. The summed E-state index contributed by atoms with van der Waals surface area (Å²) in [7, 11) is 1.46. The van der Waals surface area contributed by atoms with E-state index < -0.39 is 17.7 Å². The Kier molecular flexibility index (Phi) is 4.75. The van der Waals surface area contributed by atoms with Crippen LogP contribution in [0, 0.1) is 11.6 Å². The molecule has 0 saturated heterocycles. The molecule has 0 saturated carbocycles. The van der Waals surface area contributed by atoms with Gasteiger partial charge in [0.05, 0.1) is 13.2 Å². The maximum Gasteiger partial charge on any atom is 0.133 e. The van der Waals surface area contributed by atoms with Crippen LogP contribution >= 0.6 is 0 Å². The van der Waals surface area contributed by atoms with Gasteiger partial charge >= 0.3 is 0 Å². The summed E-state index contributed by atoms with van der Waals surface area (Å²) in [6, 6.07) is 8.58. The van der Waals surface area contributed by atoms with Crippen molar-refractivity contribution in [3.8, 4) is 11.5 Å². The van der Waals surface area contributed by atoms with Gasteiger partial charge in [0.2, 0.25) is 0 Å². The fourth-order valence-electron chi connectivity index (χ4n) is 1.87. The molecule has 21 heavy (non-hydrogen) atoms. The topological polar surface area (TPSA) is 38.7 Å². The highest BCUT2D eigenvalue weighted by atomic mass is 19.1. The van der Waals surface area contributed by atoms with Gasteiger partial charge in [-0.2, -0.15) is 0 Å². The van der Waals surface area contributed by atoms with Gasteiger partial charge in [-0.25, -0.2) is 8.78 Å². The number of hydrogen-bond donors (Lipinski definition) is 1. The van der Waals surface area contributed by atoms with Crippen molar-refractivity contribution in [3.63, 3.8) is 0 Å². The van der Waals surface area contributed by atoms with E-state index >= 15 is 0 Å². The minimum absolute atomic E-state index is 0.0245. The SMILES string of the molecule is COc1ccc(COc2ccc([C@@H](C)O)c(F)c2)c(F)c1. The van der Waals surface area contributed by atoms with E-state index in [-0.39, 0.29) is 17.9 Å². The second-order valence-corrected chi connectivity index (χ2v) is 4.61. The molecule has 0 aliphatic heterocycles. The van der Waals surface area contributed by atoms with Crippen molar-refractivity contribution in [3.05, 3.63) is 59.2 Å². The zero-order valence-electron chi connectivity index (χ0n) is 11.8. The molecule has 0 bridgehead atoms. The highest BCUT2D eigenvalue weighted by Gasteiger charge is 2.10. The Morgan fingerprint density at radius 3 is 2.29 bits per heavy atom. The van der Waals surface area contributed by atoms with Crippen molar-refractivity contribution in [1.29, 1.82) is 0 Å². The van der Waals surface area contributed by atoms with Crippen molar-refractivity contribution in [2.45, 2.75) is 19.6 Å². The lowest BCUT2D eigenvalue weighted by Gasteiger charge is -2.11. The summed E-state index contributed by atoms with van der Waals surface area (Å²) in [5.74, 6) is -0.316. The van der Waals surface area contributed by atoms with Gasteiger partial charge in [0.25, 0.3) is 0 Å². The first-order valence-electron chi connectivity index (χ1n) is 6.44. The Morgan fingerprint density at radius 2 is 1.71 bits per heavy atom. The molecular weight excluding hydrogens is 278 g/mol. The van der Waals surface area contributed by atoms with Gasteiger partial charge in [-0.3, -0.25) is 0 Å². The summed E-state index contributed by atoms with van der Waals surface area (Å²) in [6.07, 6.45) is -0.891. The summed E-state index contributed by atoms with van der Waals surface area (Å²) in [5, 5.41) is 9.35. The third-order valence-electron chi connectivity index (χ3n) is 3.08. The maximum absolute atomic E-state index is 13.7. The minimum Gasteiger partial charge on any atom is -0.497 e. The number of aliphatic hydroxyl groups excluding tert-OH is 1. The largest absolute Gasteiger partial charge is 0.497 e. The first kappa shape index (κ1) is 15.3. The maximum atomic E-state index is 13.7. The van der Waals surface area contributed by atoms with Crippen molar-refractivity contribution in [2.75, 3.05) is 7.11 Å². The van der Waals surface area contributed by atoms with Gasteiger partial charge in [-0.05, 0) is 31.2 Å². The van der Waals surface area contributed by atoms with Gasteiger partial charge in [0, 0.05) is 23.3 Å². The first-order valence-corrected chi connectivity index (χ1v) is 6.44. The van der Waals surface area contributed by atoms with Gasteiger partial charge in [0.15, 0.2) is 0 Å². The second kappa shape index (κ2) is 6.54. The summed E-state index contributed by atoms with van der Waals surface area (Å²) < 4.78 is 37.7. The molecule has 112 valence electrons. The van der Waals surface area contributed by atoms with Gasteiger partial charge in [-0.15, -0.1) is 0 Å². The molecule has 0 fully saturated rings. The lowest BCUT2D eigenvalue weighted by atomic mass is 10.1. The second-order valence-electron chi connectivity index (χ2n) is 4.61. The van der Waals surface area contributed by atoms with E-state index in [9.17, 15) is 13.9 Å². The normalized spacial score (nSPS) is 12.0. The molecule has 2 rings (SSSR count). The molecule has 2 aromatic rings. The predicted molar refractivity (Wildman–Crippen MR) is 74.3 cm³/mol. The van der Waals surface area contributed by atoms with Crippen LogP contribution in [0.1, 0.15) is 24.2 Å². The van der Waals surface area contributed by atoms with E-state index in [1.807, 2.05) is 0 Å². The summed E-state index contributed by atoms with van der Waals surface area (Å²) in [4.78, 5) is 0. The van der Waals surface area contributed by atoms with Crippen molar-refractivity contribution < 1.29 is 23.4 Å². The average Bonchev–Trinajstić information content (AvgIpc) is 2.45. The summed E-state index contributed by atoms with van der Waals surface area (Å²) in [5.41, 5.74) is 0.536. The van der Waals surface area contributed by atoms with Gasteiger partial charge in [0.1, 0.15) is 29.7 Å². The molecule has 1 atom stereocenters. The van der Waals surface area contributed by atoms with Gasteiger partial charge in [-0.1, -0.05) is 0 Å². The number of ether oxygens (including phenoxy) is 2. The Morgan fingerprint density at radius 1 is 1.05 bits per heavy atom. The van der Waals surface area contributed by atoms with E-state index in [1.165, 1.54) is 38.3 Å². The van der Waals surface area contributed by atoms with Crippen LogP contribution in [-0.4, -0.2) is 12.2 Å². The van der Waals surface area contributed by atoms with Crippen LogP contribution in [0.5, 0.6) is 11.5 Å². The average molecular weight is 294 g/mol. The molecule has 0 amide bonds. The molecule has 0 aromatic heterocycles. The zero-order chi connectivity index (χ0) is 15.4. The monoisotopic (exact) mass is 294 g/mol. The smallest absolute Gasteiger partial charge is 0.133 e. The fraction of sp³-hybridized carbons (Fsp3) is 0.250. The molecule has 5 heteroatoms. The van der Waals surface area contributed by atoms with E-state index in [4.69, 9.17) is 9.47 Å². The number of benzene rings is 2.